The Balaban J connectivity index is 1.01. The largest absolute Gasteiger partial charge is 0.432 e. The molecule has 0 atom stereocenters. The lowest BCUT2D eigenvalue weighted by Crippen LogP contribution is -2.35. The Hall–Kier alpha value is -4.39. The second-order valence-electron chi connectivity index (χ2n) is 11.0. The van der Waals surface area contributed by atoms with Gasteiger partial charge in [0.2, 0.25) is 29.2 Å². The minimum Gasteiger partial charge on any atom is -0.432 e. The first kappa shape index (κ1) is 28.7. The molecule has 226 valence electrons. The van der Waals surface area contributed by atoms with Gasteiger partial charge in [-0.1, -0.05) is 0 Å². The van der Waals surface area contributed by atoms with E-state index in [0.717, 1.165) is 80.9 Å². The first-order valence-electron chi connectivity index (χ1n) is 14.7. The van der Waals surface area contributed by atoms with Crippen molar-refractivity contribution in [3.05, 3.63) is 59.1 Å². The number of allylic oxidation sites excluding steroid dienone is 2. The molecule has 4 heterocycles. The average Bonchev–Trinajstić information content (AvgIpc) is 3.79. The highest BCUT2D eigenvalue weighted by Gasteiger charge is 2.33. The number of halogens is 2. The normalized spacial score (nSPS) is 16.7. The molecule has 3 aromatic rings. The first-order valence-corrected chi connectivity index (χ1v) is 14.7. The predicted molar refractivity (Wildman–Crippen MR) is 158 cm³/mol. The number of carbonyl (C=O) groups is 2. The molecule has 3 aliphatic rings. The van der Waals surface area contributed by atoms with Gasteiger partial charge in [-0.2, -0.15) is 9.97 Å². The zero-order valence-corrected chi connectivity index (χ0v) is 24.0. The summed E-state index contributed by atoms with van der Waals surface area (Å²) < 4.78 is 33.3. The summed E-state index contributed by atoms with van der Waals surface area (Å²) in [6, 6.07) is 4.82. The van der Waals surface area contributed by atoms with Gasteiger partial charge in [-0.25, -0.2) is 13.8 Å². The summed E-state index contributed by atoms with van der Waals surface area (Å²) in [7, 11) is 1.96. The minimum absolute atomic E-state index is 0.0660. The van der Waals surface area contributed by atoms with Crippen LogP contribution in [0.25, 0.3) is 11.5 Å². The van der Waals surface area contributed by atoms with Crippen molar-refractivity contribution in [2.24, 2.45) is 0 Å². The summed E-state index contributed by atoms with van der Waals surface area (Å²) in [4.78, 5) is 45.9. The van der Waals surface area contributed by atoms with Crippen LogP contribution in [0.5, 0.6) is 0 Å². The third kappa shape index (κ3) is 6.36. The van der Waals surface area contributed by atoms with Gasteiger partial charge >= 0.3 is 0 Å². The van der Waals surface area contributed by atoms with E-state index in [0.29, 0.717) is 26.2 Å². The van der Waals surface area contributed by atoms with Crippen LogP contribution >= 0.6 is 0 Å². The molecule has 0 spiro atoms. The second kappa shape index (κ2) is 12.5. The summed E-state index contributed by atoms with van der Waals surface area (Å²) in [5, 5.41) is 6.45. The molecule has 2 N–H and O–H groups in total. The highest BCUT2D eigenvalue weighted by atomic mass is 19.1. The van der Waals surface area contributed by atoms with E-state index in [-0.39, 0.29) is 28.6 Å². The lowest BCUT2D eigenvalue weighted by molar-refractivity contribution is 0.0956. The Labute approximate surface area is 248 Å². The van der Waals surface area contributed by atoms with Crippen LogP contribution in [0.3, 0.4) is 0 Å². The molecule has 0 unspecified atom stereocenters. The summed E-state index contributed by atoms with van der Waals surface area (Å²) >= 11 is 0. The smallest absolute Gasteiger partial charge is 0.246 e. The molecular formula is C30H34F2N8O3. The van der Waals surface area contributed by atoms with Gasteiger partial charge in [-0.3, -0.25) is 9.59 Å². The Morgan fingerprint density at radius 2 is 1.60 bits per heavy atom. The Morgan fingerprint density at radius 1 is 0.907 bits per heavy atom. The molecule has 0 bridgehead atoms. The third-order valence-corrected chi connectivity index (χ3v) is 7.87. The molecule has 0 radical (unpaired) electrons. The van der Waals surface area contributed by atoms with E-state index < -0.39 is 23.2 Å². The average molecular weight is 593 g/mol. The van der Waals surface area contributed by atoms with Crippen LogP contribution in [0.15, 0.2) is 40.5 Å². The summed E-state index contributed by atoms with van der Waals surface area (Å²) in [5.41, 5.74) is -0.416. The number of ketones is 2. The Morgan fingerprint density at radius 3 is 2.35 bits per heavy atom. The topological polar surface area (TPSA) is 120 Å². The van der Waals surface area contributed by atoms with E-state index in [2.05, 4.69) is 30.3 Å². The zero-order chi connectivity index (χ0) is 29.9. The van der Waals surface area contributed by atoms with Crippen molar-refractivity contribution >= 4 is 29.2 Å². The van der Waals surface area contributed by atoms with Gasteiger partial charge in [0, 0.05) is 64.5 Å². The van der Waals surface area contributed by atoms with E-state index in [1.54, 1.807) is 0 Å². The number of rotatable bonds is 11. The Bertz CT molecular complexity index is 1510. The number of oxazole rings is 1. The second-order valence-corrected chi connectivity index (χ2v) is 11.0. The molecule has 2 fully saturated rings. The van der Waals surface area contributed by atoms with Gasteiger partial charge < -0.3 is 29.8 Å². The summed E-state index contributed by atoms with van der Waals surface area (Å²) in [6.45, 7) is 6.34. The maximum Gasteiger partial charge on any atom is 0.246 e. The lowest BCUT2D eigenvalue weighted by Gasteiger charge is -2.22. The van der Waals surface area contributed by atoms with Gasteiger partial charge in [0.1, 0.15) is 23.3 Å². The van der Waals surface area contributed by atoms with Gasteiger partial charge in [0.25, 0.3) is 0 Å². The number of anilines is 3. The van der Waals surface area contributed by atoms with Crippen LogP contribution < -0.4 is 20.4 Å². The van der Waals surface area contributed by atoms with Crippen molar-refractivity contribution in [2.45, 2.75) is 25.7 Å². The number of benzene rings is 1. The minimum atomic E-state index is -0.775. The number of Topliss-reactive ketones (excluding diaryl/α,β-unsaturated/α-hetero) is 1. The number of carbonyl (C=O) groups excluding carboxylic acids is 2. The fourth-order valence-corrected chi connectivity index (χ4v) is 5.48. The number of likely N-dealkylation sites (N-methyl/N-ethyl adjacent to an activating group) is 1. The van der Waals surface area contributed by atoms with Crippen molar-refractivity contribution in [1.82, 2.24) is 25.2 Å². The molecule has 43 heavy (non-hydrogen) atoms. The zero-order valence-electron chi connectivity index (χ0n) is 24.0. The molecule has 1 aliphatic carbocycles. The van der Waals surface area contributed by atoms with Crippen LogP contribution in [0.2, 0.25) is 0 Å². The molecule has 6 rings (SSSR count). The van der Waals surface area contributed by atoms with Crippen molar-refractivity contribution in [1.29, 1.82) is 0 Å². The standard InChI is InChI=1S/C30H34F2N8O3/c1-38(15-9-34-24-18-25(39-10-2-3-11-39)36-30(35-24)40-12-4-5-13-40)14-8-33-22-17-23(41)26-28(27(22)42)43-29(37-26)20-16-19(31)6-7-21(20)32/h6-7,16-18,33H,2-5,8-15H2,1H3,(H,34,35,36). The van der Waals surface area contributed by atoms with Crippen molar-refractivity contribution < 1.29 is 22.8 Å². The maximum absolute atomic E-state index is 14.2. The fraction of sp³-hybridized carbons (Fsp3) is 0.433. The van der Waals surface area contributed by atoms with Crippen LogP contribution in [0.4, 0.5) is 26.4 Å². The van der Waals surface area contributed by atoms with Crippen LogP contribution in [-0.4, -0.2) is 90.8 Å². The summed E-state index contributed by atoms with van der Waals surface area (Å²) in [6.07, 6.45) is 5.83. The van der Waals surface area contributed by atoms with Crippen LogP contribution in [-0.2, 0) is 0 Å². The molecule has 2 saturated heterocycles. The van der Waals surface area contributed by atoms with E-state index >= 15 is 0 Å². The Kier molecular flexibility index (Phi) is 8.32. The highest BCUT2D eigenvalue weighted by Crippen LogP contribution is 2.29. The quantitative estimate of drug-likeness (QED) is 0.340. The van der Waals surface area contributed by atoms with Gasteiger partial charge in [-0.15, -0.1) is 0 Å². The van der Waals surface area contributed by atoms with E-state index in [9.17, 15) is 18.4 Å². The molecule has 11 nitrogen and oxygen atoms in total. The van der Waals surface area contributed by atoms with Crippen molar-refractivity contribution in [3.8, 4) is 11.5 Å². The fourth-order valence-electron chi connectivity index (χ4n) is 5.48. The molecule has 2 aliphatic heterocycles. The molecule has 0 amide bonds. The third-order valence-electron chi connectivity index (χ3n) is 7.87. The number of nitrogens with zero attached hydrogens (tertiary/aromatic N) is 6. The van der Waals surface area contributed by atoms with Gasteiger partial charge in [0.15, 0.2) is 5.69 Å². The monoisotopic (exact) mass is 592 g/mol. The van der Waals surface area contributed by atoms with E-state index in [1.165, 1.54) is 12.8 Å². The number of fused-ring (bicyclic) bond motifs is 1. The number of aromatic nitrogens is 3. The SMILES string of the molecule is CN(CCNC1=CC(=O)c2nc(-c3cc(F)ccc3F)oc2C1=O)CCNc1cc(N2CCCC2)nc(N2CCCC2)n1. The number of nitrogens with one attached hydrogen (secondary N) is 2. The maximum atomic E-state index is 14.2. The molecule has 13 heteroatoms. The molecule has 2 aromatic heterocycles. The van der Waals surface area contributed by atoms with Gasteiger partial charge in [0.05, 0.1) is 11.3 Å². The van der Waals surface area contributed by atoms with E-state index in [1.807, 2.05) is 13.1 Å². The number of hydrogen-bond donors (Lipinski definition) is 2. The lowest BCUT2D eigenvalue weighted by atomic mass is 10.0. The first-order chi connectivity index (χ1) is 20.9. The summed E-state index contributed by atoms with van der Waals surface area (Å²) in [5.74, 6) is -0.645. The predicted octanol–water partition coefficient (Wildman–Crippen LogP) is 3.51. The number of hydrogen-bond acceptors (Lipinski definition) is 11. The molecular weight excluding hydrogens is 558 g/mol. The highest BCUT2D eigenvalue weighted by molar-refractivity contribution is 6.22. The van der Waals surface area contributed by atoms with Crippen LogP contribution in [0, 0.1) is 11.6 Å². The molecule has 1 aromatic carbocycles. The van der Waals surface area contributed by atoms with Crippen molar-refractivity contribution in [2.75, 3.05) is 74.5 Å². The van der Waals surface area contributed by atoms with E-state index in [4.69, 9.17) is 14.4 Å². The van der Waals surface area contributed by atoms with Crippen LogP contribution in [0.1, 0.15) is 46.7 Å². The molecule has 0 saturated carbocycles. The van der Waals surface area contributed by atoms with Crippen molar-refractivity contribution in [3.63, 3.8) is 0 Å². The van der Waals surface area contributed by atoms with Gasteiger partial charge in [-0.05, 0) is 50.9 Å².